The summed E-state index contributed by atoms with van der Waals surface area (Å²) < 4.78 is 6.09. The number of benzene rings is 5. The summed E-state index contributed by atoms with van der Waals surface area (Å²) in [4.78, 5) is 0. The third-order valence-corrected chi connectivity index (χ3v) is 7.00. The van der Waals surface area contributed by atoms with Crippen molar-refractivity contribution < 1.29 is 4.74 Å². The van der Waals surface area contributed by atoms with E-state index in [1.807, 2.05) is 24.3 Å². The Bertz CT molecular complexity index is 1500. The van der Waals surface area contributed by atoms with Crippen LogP contribution in [0, 0.1) is 0 Å². The zero-order valence-corrected chi connectivity index (χ0v) is 19.1. The first kappa shape index (κ1) is 20.1. The fraction of sp³-hybridized carbons (Fsp3) is 0.0968. The average Bonchev–Trinajstić information content (AvgIpc) is 3.37. The molecule has 0 aromatic heterocycles. The number of para-hydroxylation sites is 3. The van der Waals surface area contributed by atoms with Crippen LogP contribution in [0.2, 0.25) is 0 Å². The molecule has 5 aromatic carbocycles. The van der Waals surface area contributed by atoms with E-state index >= 15 is 0 Å². The Morgan fingerprint density at radius 2 is 1.23 bits per heavy atom. The van der Waals surface area contributed by atoms with Crippen molar-refractivity contribution in [2.24, 2.45) is 0 Å². The van der Waals surface area contributed by atoms with Crippen LogP contribution in [-0.2, 0) is 0 Å². The van der Waals surface area contributed by atoms with Gasteiger partial charge in [-0.25, -0.2) is 0 Å². The number of ether oxygens (including phenoxy) is 1. The number of anilines is 2. The number of hydrogen-bond donors (Lipinski definition) is 3. The van der Waals surface area contributed by atoms with Crippen molar-refractivity contribution in [3.63, 3.8) is 0 Å². The second kappa shape index (κ2) is 8.19. The zero-order chi connectivity index (χ0) is 23.2. The van der Waals surface area contributed by atoms with Gasteiger partial charge in [-0.15, -0.1) is 0 Å². The van der Waals surface area contributed by atoms with Crippen molar-refractivity contribution in [2.45, 2.75) is 18.4 Å². The quantitative estimate of drug-likeness (QED) is 0.270. The third kappa shape index (κ3) is 3.59. The van der Waals surface area contributed by atoms with Crippen LogP contribution in [0.5, 0.6) is 5.75 Å². The van der Waals surface area contributed by atoms with E-state index in [2.05, 4.69) is 107 Å². The van der Waals surface area contributed by atoms with Gasteiger partial charge < -0.3 is 15.4 Å². The maximum atomic E-state index is 6.09. The largest absolute Gasteiger partial charge is 0.464 e. The predicted molar refractivity (Wildman–Crippen MR) is 142 cm³/mol. The Balaban J connectivity index is 1.19. The third-order valence-electron chi connectivity index (χ3n) is 7.00. The summed E-state index contributed by atoms with van der Waals surface area (Å²) >= 11 is 0. The molecule has 4 heteroatoms. The van der Waals surface area contributed by atoms with E-state index < -0.39 is 0 Å². The van der Waals surface area contributed by atoms with Gasteiger partial charge in [0, 0.05) is 11.3 Å². The van der Waals surface area contributed by atoms with E-state index in [1.54, 1.807) is 0 Å². The van der Waals surface area contributed by atoms with Crippen LogP contribution in [0.25, 0.3) is 10.8 Å². The van der Waals surface area contributed by atoms with Crippen molar-refractivity contribution in [3.05, 3.63) is 138 Å². The summed E-state index contributed by atoms with van der Waals surface area (Å²) in [5.74, 6) is 0.895. The first-order valence-electron chi connectivity index (χ1n) is 12.0. The van der Waals surface area contributed by atoms with Gasteiger partial charge in [-0.3, -0.25) is 5.32 Å². The molecule has 3 N–H and O–H groups in total. The molecule has 0 radical (unpaired) electrons. The molecule has 7 rings (SSSR count). The normalized spacial score (nSPS) is 20.3. The molecule has 2 aliphatic heterocycles. The van der Waals surface area contributed by atoms with Gasteiger partial charge in [-0.2, -0.15) is 0 Å². The monoisotopic (exact) mass is 455 g/mol. The van der Waals surface area contributed by atoms with E-state index in [0.29, 0.717) is 0 Å². The summed E-state index contributed by atoms with van der Waals surface area (Å²) in [6.07, 6.45) is -0.176. The minimum absolute atomic E-state index is 0.00919. The van der Waals surface area contributed by atoms with E-state index in [0.717, 1.165) is 22.7 Å². The molecule has 35 heavy (non-hydrogen) atoms. The molecule has 4 nitrogen and oxygen atoms in total. The first-order valence-corrected chi connectivity index (χ1v) is 12.0. The Labute approximate surface area is 204 Å². The maximum Gasteiger partial charge on any atom is 0.196 e. The lowest BCUT2D eigenvalue weighted by atomic mass is 9.92. The Morgan fingerprint density at radius 1 is 0.543 bits per heavy atom. The van der Waals surface area contributed by atoms with E-state index in [-0.39, 0.29) is 18.4 Å². The molecule has 3 unspecified atom stereocenters. The molecule has 0 amide bonds. The molecule has 0 saturated heterocycles. The summed E-state index contributed by atoms with van der Waals surface area (Å²) in [7, 11) is 0. The van der Waals surface area contributed by atoms with Crippen LogP contribution in [-0.4, -0.2) is 0 Å². The highest BCUT2D eigenvalue weighted by Crippen LogP contribution is 2.39. The van der Waals surface area contributed by atoms with Gasteiger partial charge in [0.25, 0.3) is 0 Å². The van der Waals surface area contributed by atoms with Crippen molar-refractivity contribution in [1.29, 1.82) is 0 Å². The molecule has 2 heterocycles. The van der Waals surface area contributed by atoms with E-state index in [9.17, 15) is 0 Å². The highest BCUT2D eigenvalue weighted by atomic mass is 16.5. The van der Waals surface area contributed by atoms with Gasteiger partial charge in [-0.1, -0.05) is 91.0 Å². The number of fused-ring (bicyclic) bond motifs is 3. The van der Waals surface area contributed by atoms with Crippen molar-refractivity contribution >= 4 is 22.1 Å². The highest BCUT2D eigenvalue weighted by Gasteiger charge is 2.28. The molecule has 0 spiro atoms. The van der Waals surface area contributed by atoms with Gasteiger partial charge >= 0.3 is 0 Å². The van der Waals surface area contributed by atoms with Crippen LogP contribution in [0.1, 0.15) is 40.7 Å². The van der Waals surface area contributed by atoms with Crippen LogP contribution >= 0.6 is 0 Å². The smallest absolute Gasteiger partial charge is 0.196 e. The van der Waals surface area contributed by atoms with Gasteiger partial charge in [-0.05, 0) is 51.7 Å². The van der Waals surface area contributed by atoms with Gasteiger partial charge in [0.1, 0.15) is 11.9 Å². The minimum atomic E-state index is -0.167. The van der Waals surface area contributed by atoms with Crippen LogP contribution in [0.15, 0.2) is 115 Å². The van der Waals surface area contributed by atoms with Crippen molar-refractivity contribution in [2.75, 3.05) is 10.6 Å². The van der Waals surface area contributed by atoms with Gasteiger partial charge in [0.2, 0.25) is 0 Å². The first-order chi connectivity index (χ1) is 17.3. The maximum absolute atomic E-state index is 6.09. The standard InChI is InChI=1S/C31H25N3O/c1-2-8-23-19-24(18-13-20(23)7-1)29-25-9-3-4-10-26(25)32-30(34-29)21-14-16-22(17-15-21)31-33-27-11-5-6-12-28(27)35-31/h1-19,29-34H. The van der Waals surface area contributed by atoms with Gasteiger partial charge in [0.15, 0.2) is 6.23 Å². The fourth-order valence-corrected chi connectivity index (χ4v) is 5.18. The van der Waals surface area contributed by atoms with Crippen molar-refractivity contribution in [3.8, 4) is 5.75 Å². The zero-order valence-electron chi connectivity index (χ0n) is 19.1. The lowest BCUT2D eigenvalue weighted by Gasteiger charge is -2.35. The predicted octanol–water partition coefficient (Wildman–Crippen LogP) is 7.15. The molecular weight excluding hydrogens is 430 g/mol. The van der Waals surface area contributed by atoms with Crippen LogP contribution in [0.4, 0.5) is 11.4 Å². The number of rotatable bonds is 3. The Kier molecular flexibility index (Phi) is 4.71. The summed E-state index contributed by atoms with van der Waals surface area (Å²) in [5.41, 5.74) is 7.01. The lowest BCUT2D eigenvalue weighted by Crippen LogP contribution is -2.37. The molecule has 2 aliphatic rings. The molecule has 5 aromatic rings. The molecular formula is C31H25N3O. The SMILES string of the molecule is c1ccc2c(c1)NC(c1ccc(C3Nc4ccccc4C(c4ccc5ccccc5c4)N3)cc1)O2. The Hall–Kier alpha value is -4.28. The number of nitrogens with one attached hydrogen (secondary N) is 3. The van der Waals surface area contributed by atoms with Crippen LogP contribution < -0.4 is 20.7 Å². The summed E-state index contributed by atoms with van der Waals surface area (Å²) in [5, 5.41) is 13.5. The average molecular weight is 456 g/mol. The molecule has 0 bridgehead atoms. The van der Waals surface area contributed by atoms with Crippen molar-refractivity contribution in [1.82, 2.24) is 5.32 Å². The molecule has 0 saturated carbocycles. The number of hydrogen-bond acceptors (Lipinski definition) is 4. The molecule has 170 valence electrons. The second-order valence-corrected chi connectivity index (χ2v) is 9.18. The van der Waals surface area contributed by atoms with Crippen LogP contribution in [0.3, 0.4) is 0 Å². The molecule has 3 atom stereocenters. The highest BCUT2D eigenvalue weighted by molar-refractivity contribution is 5.83. The lowest BCUT2D eigenvalue weighted by molar-refractivity contribution is 0.260. The minimum Gasteiger partial charge on any atom is -0.464 e. The Morgan fingerprint density at radius 3 is 2.09 bits per heavy atom. The van der Waals surface area contributed by atoms with E-state index in [4.69, 9.17) is 4.74 Å². The molecule has 0 aliphatic carbocycles. The van der Waals surface area contributed by atoms with Gasteiger partial charge in [0.05, 0.1) is 11.7 Å². The fourth-order valence-electron chi connectivity index (χ4n) is 5.18. The second-order valence-electron chi connectivity index (χ2n) is 9.18. The molecule has 0 fully saturated rings. The van der Waals surface area contributed by atoms with E-state index in [1.165, 1.54) is 27.5 Å². The summed E-state index contributed by atoms with van der Waals surface area (Å²) in [6, 6.07) is 40.7. The summed E-state index contributed by atoms with van der Waals surface area (Å²) in [6.45, 7) is 0. The topological polar surface area (TPSA) is 45.3 Å².